The maximum atomic E-state index is 5.75. The van der Waals surface area contributed by atoms with E-state index in [4.69, 9.17) is 11.6 Å². The van der Waals surface area contributed by atoms with Crippen molar-refractivity contribution in [3.63, 3.8) is 0 Å². The van der Waals surface area contributed by atoms with Crippen LogP contribution in [0.15, 0.2) is 47.8 Å². The van der Waals surface area contributed by atoms with Gasteiger partial charge in [0.05, 0.1) is 12.4 Å². The van der Waals surface area contributed by atoms with Crippen molar-refractivity contribution in [2.45, 2.75) is 11.4 Å². The highest BCUT2D eigenvalue weighted by Gasteiger charge is 1.98. The van der Waals surface area contributed by atoms with Crippen molar-refractivity contribution < 1.29 is 0 Å². The zero-order valence-corrected chi connectivity index (χ0v) is 10.2. The van der Waals surface area contributed by atoms with Gasteiger partial charge >= 0.3 is 0 Å². The lowest BCUT2D eigenvalue weighted by molar-refractivity contribution is 1.05. The number of rotatable bonds is 4. The molecule has 0 N–H and O–H groups in total. The lowest BCUT2D eigenvalue weighted by Crippen LogP contribution is -1.90. The van der Waals surface area contributed by atoms with Gasteiger partial charge in [0.1, 0.15) is 10.2 Å². The predicted molar refractivity (Wildman–Crippen MR) is 67.9 cm³/mol. The van der Waals surface area contributed by atoms with Gasteiger partial charge in [-0.25, -0.2) is 4.98 Å². The Bertz CT molecular complexity index is 448. The van der Waals surface area contributed by atoms with Gasteiger partial charge in [-0.05, 0) is 12.0 Å². The molecule has 0 fully saturated rings. The first-order valence-electron chi connectivity index (χ1n) is 4.99. The number of nitrogens with zero attached hydrogens (tertiary/aromatic N) is 2. The molecule has 1 aromatic heterocycles. The smallest absolute Gasteiger partial charge is 0.148 e. The highest BCUT2D eigenvalue weighted by Crippen LogP contribution is 2.17. The van der Waals surface area contributed by atoms with E-state index in [1.165, 1.54) is 5.56 Å². The molecule has 0 radical (unpaired) electrons. The summed E-state index contributed by atoms with van der Waals surface area (Å²) in [7, 11) is 0. The molecule has 4 heteroatoms. The summed E-state index contributed by atoms with van der Waals surface area (Å²) < 4.78 is 0. The quantitative estimate of drug-likeness (QED) is 0.778. The Hall–Kier alpha value is -1.06. The van der Waals surface area contributed by atoms with Crippen molar-refractivity contribution in [2.24, 2.45) is 0 Å². The molecule has 2 nitrogen and oxygen atoms in total. The zero-order valence-electron chi connectivity index (χ0n) is 8.64. The van der Waals surface area contributed by atoms with E-state index in [0.29, 0.717) is 5.15 Å². The third-order valence-corrected chi connectivity index (χ3v) is 3.15. The summed E-state index contributed by atoms with van der Waals surface area (Å²) in [4.78, 5) is 8.16. The SMILES string of the molecule is Clc1cncc(SCCc2ccccc2)n1. The Balaban J connectivity index is 1.85. The van der Waals surface area contributed by atoms with Crippen molar-refractivity contribution in [2.75, 3.05) is 5.75 Å². The summed E-state index contributed by atoms with van der Waals surface area (Å²) in [6.45, 7) is 0. The first kappa shape index (κ1) is 11.4. The summed E-state index contributed by atoms with van der Waals surface area (Å²) in [6.07, 6.45) is 4.31. The molecule has 0 amide bonds. The van der Waals surface area contributed by atoms with Gasteiger partial charge in [-0.1, -0.05) is 41.9 Å². The van der Waals surface area contributed by atoms with Crippen LogP contribution in [0.25, 0.3) is 0 Å². The first-order valence-corrected chi connectivity index (χ1v) is 6.35. The molecule has 2 aromatic rings. The maximum Gasteiger partial charge on any atom is 0.148 e. The van der Waals surface area contributed by atoms with Gasteiger partial charge < -0.3 is 0 Å². The molecule has 0 atom stereocenters. The molecule has 0 aliphatic rings. The monoisotopic (exact) mass is 250 g/mol. The molecule has 1 aromatic carbocycles. The van der Waals surface area contributed by atoms with E-state index in [1.54, 1.807) is 24.2 Å². The van der Waals surface area contributed by atoms with Crippen LogP contribution in [-0.4, -0.2) is 15.7 Å². The van der Waals surface area contributed by atoms with E-state index < -0.39 is 0 Å². The molecule has 82 valence electrons. The Morgan fingerprint density at radius 3 is 2.69 bits per heavy atom. The molecular formula is C12H11ClN2S. The minimum absolute atomic E-state index is 0.449. The molecule has 0 saturated heterocycles. The van der Waals surface area contributed by atoms with E-state index >= 15 is 0 Å². The largest absolute Gasteiger partial charge is 0.259 e. The van der Waals surface area contributed by atoms with Gasteiger partial charge in [-0.2, -0.15) is 0 Å². The van der Waals surface area contributed by atoms with Crippen LogP contribution in [0.3, 0.4) is 0 Å². The number of aryl methyl sites for hydroxylation is 1. The molecule has 0 aliphatic heterocycles. The minimum atomic E-state index is 0.449. The predicted octanol–water partition coefficient (Wildman–Crippen LogP) is 3.46. The van der Waals surface area contributed by atoms with Gasteiger partial charge in [0.2, 0.25) is 0 Å². The summed E-state index contributed by atoms with van der Waals surface area (Å²) in [5.74, 6) is 0.985. The Morgan fingerprint density at radius 1 is 1.12 bits per heavy atom. The number of thioether (sulfide) groups is 1. The average Bonchev–Trinajstić information content (AvgIpc) is 2.30. The second-order valence-electron chi connectivity index (χ2n) is 3.26. The molecule has 0 saturated carbocycles. The first-order chi connectivity index (χ1) is 7.84. The third-order valence-electron chi connectivity index (χ3n) is 2.07. The van der Waals surface area contributed by atoms with E-state index in [9.17, 15) is 0 Å². The van der Waals surface area contributed by atoms with E-state index in [0.717, 1.165) is 17.2 Å². The number of hydrogen-bond donors (Lipinski definition) is 0. The highest BCUT2D eigenvalue weighted by atomic mass is 35.5. The van der Waals surface area contributed by atoms with Crippen molar-refractivity contribution in [1.29, 1.82) is 0 Å². The van der Waals surface area contributed by atoms with Crippen LogP contribution in [0.1, 0.15) is 5.56 Å². The Labute approximate surface area is 104 Å². The second kappa shape index (κ2) is 5.87. The molecule has 2 rings (SSSR count). The Morgan fingerprint density at radius 2 is 1.94 bits per heavy atom. The number of hydrogen-bond acceptors (Lipinski definition) is 3. The summed E-state index contributed by atoms with van der Waals surface area (Å²) in [6, 6.07) is 10.4. The van der Waals surface area contributed by atoms with Crippen LogP contribution in [0.2, 0.25) is 5.15 Å². The van der Waals surface area contributed by atoms with Crippen molar-refractivity contribution in [3.05, 3.63) is 53.4 Å². The highest BCUT2D eigenvalue weighted by molar-refractivity contribution is 7.99. The molecule has 1 heterocycles. The molecule has 16 heavy (non-hydrogen) atoms. The van der Waals surface area contributed by atoms with Gasteiger partial charge in [0.25, 0.3) is 0 Å². The Kier molecular flexibility index (Phi) is 4.19. The van der Waals surface area contributed by atoms with E-state index in [1.807, 2.05) is 6.07 Å². The van der Waals surface area contributed by atoms with Crippen LogP contribution in [0, 0.1) is 0 Å². The molecule has 0 unspecified atom stereocenters. The molecular weight excluding hydrogens is 240 g/mol. The number of benzene rings is 1. The van der Waals surface area contributed by atoms with Crippen molar-refractivity contribution in [1.82, 2.24) is 9.97 Å². The fourth-order valence-corrected chi connectivity index (χ4v) is 2.36. The van der Waals surface area contributed by atoms with Gasteiger partial charge in [0.15, 0.2) is 0 Å². The summed E-state index contributed by atoms with van der Waals surface area (Å²) >= 11 is 7.43. The topological polar surface area (TPSA) is 25.8 Å². The molecule has 0 aliphatic carbocycles. The van der Waals surface area contributed by atoms with Crippen molar-refractivity contribution in [3.8, 4) is 0 Å². The number of halogens is 1. The summed E-state index contributed by atoms with van der Waals surface area (Å²) in [5, 5.41) is 1.33. The van der Waals surface area contributed by atoms with Crippen molar-refractivity contribution >= 4 is 23.4 Å². The lowest BCUT2D eigenvalue weighted by atomic mass is 10.2. The standard InChI is InChI=1S/C12H11ClN2S/c13-11-8-14-9-12(15-11)16-7-6-10-4-2-1-3-5-10/h1-5,8-9H,6-7H2. The zero-order chi connectivity index (χ0) is 11.2. The molecule has 0 bridgehead atoms. The normalized spacial score (nSPS) is 10.3. The van der Waals surface area contributed by atoms with Gasteiger partial charge in [0, 0.05) is 5.75 Å². The maximum absolute atomic E-state index is 5.75. The minimum Gasteiger partial charge on any atom is -0.259 e. The summed E-state index contributed by atoms with van der Waals surface area (Å²) in [5.41, 5.74) is 1.34. The number of aromatic nitrogens is 2. The third kappa shape index (κ3) is 3.51. The fourth-order valence-electron chi connectivity index (χ4n) is 1.31. The van der Waals surface area contributed by atoms with E-state index in [-0.39, 0.29) is 0 Å². The van der Waals surface area contributed by atoms with Gasteiger partial charge in [-0.15, -0.1) is 11.8 Å². The van der Waals surface area contributed by atoms with Gasteiger partial charge in [-0.3, -0.25) is 4.98 Å². The van der Waals surface area contributed by atoms with Crippen LogP contribution < -0.4 is 0 Å². The van der Waals surface area contributed by atoms with Crippen LogP contribution in [0.5, 0.6) is 0 Å². The van der Waals surface area contributed by atoms with Crippen LogP contribution >= 0.6 is 23.4 Å². The van der Waals surface area contributed by atoms with E-state index in [2.05, 4.69) is 34.2 Å². The second-order valence-corrected chi connectivity index (χ2v) is 4.77. The average molecular weight is 251 g/mol. The lowest BCUT2D eigenvalue weighted by Gasteiger charge is -2.01. The van der Waals surface area contributed by atoms with Crippen LogP contribution in [-0.2, 0) is 6.42 Å². The fraction of sp³-hybridized carbons (Fsp3) is 0.167. The van der Waals surface area contributed by atoms with Crippen LogP contribution in [0.4, 0.5) is 0 Å². The molecule has 0 spiro atoms.